The van der Waals surface area contributed by atoms with Crippen LogP contribution >= 0.6 is 0 Å². The van der Waals surface area contributed by atoms with E-state index in [0.717, 1.165) is 19.3 Å². The molecule has 1 aromatic carbocycles. The van der Waals surface area contributed by atoms with Crippen molar-refractivity contribution < 1.29 is 4.79 Å². The zero-order valence-corrected chi connectivity index (χ0v) is 11.1. The molecule has 1 amide bonds. The van der Waals surface area contributed by atoms with Crippen LogP contribution < -0.4 is 10.6 Å². The molecule has 0 aromatic heterocycles. The molecule has 1 aliphatic carbocycles. The van der Waals surface area contributed by atoms with Gasteiger partial charge in [-0.25, -0.2) is 0 Å². The molecule has 0 radical (unpaired) electrons. The molecule has 3 nitrogen and oxygen atoms in total. The van der Waals surface area contributed by atoms with Crippen molar-refractivity contribution in [3.8, 4) is 0 Å². The summed E-state index contributed by atoms with van der Waals surface area (Å²) >= 11 is 0. The first-order valence-electron chi connectivity index (χ1n) is 7.43. The third kappa shape index (κ3) is 1.96. The minimum absolute atomic E-state index is 0.211. The predicted molar refractivity (Wildman–Crippen MR) is 73.8 cm³/mol. The van der Waals surface area contributed by atoms with Crippen LogP contribution in [0.5, 0.6) is 0 Å². The Morgan fingerprint density at radius 1 is 1.16 bits per heavy atom. The highest BCUT2D eigenvalue weighted by molar-refractivity contribution is 5.80. The fourth-order valence-corrected chi connectivity index (χ4v) is 4.08. The van der Waals surface area contributed by atoms with E-state index in [1.165, 1.54) is 24.0 Å². The first-order valence-corrected chi connectivity index (χ1v) is 7.43. The van der Waals surface area contributed by atoms with Crippen LogP contribution in [0, 0.1) is 5.92 Å². The van der Waals surface area contributed by atoms with Crippen molar-refractivity contribution in [2.24, 2.45) is 5.92 Å². The van der Waals surface area contributed by atoms with E-state index in [9.17, 15) is 4.79 Å². The second kappa shape index (κ2) is 4.34. The largest absolute Gasteiger partial charge is 0.352 e. The number of hydrogen-bond acceptors (Lipinski definition) is 2. The van der Waals surface area contributed by atoms with E-state index >= 15 is 0 Å². The van der Waals surface area contributed by atoms with E-state index in [2.05, 4.69) is 34.9 Å². The molecule has 0 saturated carbocycles. The van der Waals surface area contributed by atoms with Gasteiger partial charge in [-0.05, 0) is 43.2 Å². The van der Waals surface area contributed by atoms with Gasteiger partial charge in [0.25, 0.3) is 0 Å². The van der Waals surface area contributed by atoms with Crippen LogP contribution in [0.25, 0.3) is 0 Å². The summed E-state index contributed by atoms with van der Waals surface area (Å²) in [7, 11) is 0. The average Bonchev–Trinajstić information content (AvgIpc) is 3.12. The number of nitrogens with one attached hydrogen (secondary N) is 2. The highest BCUT2D eigenvalue weighted by Gasteiger charge is 2.43. The Kier molecular flexibility index (Phi) is 2.62. The lowest BCUT2D eigenvalue weighted by molar-refractivity contribution is -0.126. The molecule has 2 N–H and O–H groups in total. The van der Waals surface area contributed by atoms with Crippen molar-refractivity contribution in [3.63, 3.8) is 0 Å². The second-order valence-electron chi connectivity index (χ2n) is 6.27. The topological polar surface area (TPSA) is 41.1 Å². The Balaban J connectivity index is 1.40. The monoisotopic (exact) mass is 256 g/mol. The van der Waals surface area contributed by atoms with Crippen molar-refractivity contribution in [1.82, 2.24) is 10.6 Å². The maximum atomic E-state index is 12.4. The van der Waals surface area contributed by atoms with Crippen LogP contribution in [-0.2, 0) is 17.6 Å². The van der Waals surface area contributed by atoms with E-state index in [0.29, 0.717) is 18.1 Å². The first-order chi connectivity index (χ1) is 9.29. The van der Waals surface area contributed by atoms with Crippen LogP contribution in [0.15, 0.2) is 24.3 Å². The third-order valence-electron chi connectivity index (χ3n) is 5.03. The van der Waals surface area contributed by atoms with E-state index < -0.39 is 0 Å². The Bertz CT molecular complexity index is 488. The fourth-order valence-electron chi connectivity index (χ4n) is 4.08. The molecule has 2 bridgehead atoms. The standard InChI is InChI=1S/C16H20N2O/c19-16(14-9-12-5-6-15(14)17-12)18-13-7-10-3-1-2-4-11(10)8-13/h1-4,12-15,17H,5-9H2,(H,18,19). The predicted octanol–water partition coefficient (Wildman–Crippen LogP) is 1.41. The summed E-state index contributed by atoms with van der Waals surface area (Å²) in [4.78, 5) is 12.4. The highest BCUT2D eigenvalue weighted by Crippen LogP contribution is 2.33. The first kappa shape index (κ1) is 11.5. The van der Waals surface area contributed by atoms with Gasteiger partial charge in [0, 0.05) is 18.1 Å². The van der Waals surface area contributed by atoms with E-state index in [1.54, 1.807) is 0 Å². The average molecular weight is 256 g/mol. The molecule has 2 fully saturated rings. The normalized spacial score (nSPS) is 32.5. The van der Waals surface area contributed by atoms with Crippen molar-refractivity contribution in [3.05, 3.63) is 35.4 Å². The number of rotatable bonds is 2. The molecule has 3 atom stereocenters. The van der Waals surface area contributed by atoms with Crippen molar-refractivity contribution in [1.29, 1.82) is 0 Å². The molecule has 2 heterocycles. The van der Waals surface area contributed by atoms with Gasteiger partial charge >= 0.3 is 0 Å². The Labute approximate surface area is 113 Å². The lowest BCUT2D eigenvalue weighted by Crippen LogP contribution is -2.43. The third-order valence-corrected chi connectivity index (χ3v) is 5.03. The number of amides is 1. The summed E-state index contributed by atoms with van der Waals surface area (Å²) in [6.45, 7) is 0. The maximum absolute atomic E-state index is 12.4. The zero-order valence-electron chi connectivity index (χ0n) is 11.1. The van der Waals surface area contributed by atoms with Gasteiger partial charge in [-0.2, -0.15) is 0 Å². The molecule has 3 heteroatoms. The SMILES string of the molecule is O=C(NC1Cc2ccccc2C1)C1CC2CCC1N2. The van der Waals surface area contributed by atoms with E-state index in [1.807, 2.05) is 0 Å². The van der Waals surface area contributed by atoms with Gasteiger partial charge < -0.3 is 10.6 Å². The molecule has 2 saturated heterocycles. The Hall–Kier alpha value is -1.35. The summed E-state index contributed by atoms with van der Waals surface area (Å²) in [6, 6.07) is 9.88. The molecule has 4 rings (SSSR count). The molecule has 100 valence electrons. The number of carbonyl (C=O) groups excluding carboxylic acids is 1. The van der Waals surface area contributed by atoms with E-state index in [4.69, 9.17) is 0 Å². The Morgan fingerprint density at radius 2 is 1.89 bits per heavy atom. The van der Waals surface area contributed by atoms with Gasteiger partial charge in [0.05, 0.1) is 5.92 Å². The van der Waals surface area contributed by atoms with Crippen LogP contribution in [0.4, 0.5) is 0 Å². The molecular weight excluding hydrogens is 236 g/mol. The van der Waals surface area contributed by atoms with Gasteiger partial charge in [0.2, 0.25) is 5.91 Å². The molecule has 2 aliphatic heterocycles. The summed E-state index contributed by atoms with van der Waals surface area (Å²) in [5.41, 5.74) is 2.80. The van der Waals surface area contributed by atoms with Gasteiger partial charge in [-0.1, -0.05) is 24.3 Å². The minimum Gasteiger partial charge on any atom is -0.352 e. The highest BCUT2D eigenvalue weighted by atomic mass is 16.2. The fraction of sp³-hybridized carbons (Fsp3) is 0.562. The van der Waals surface area contributed by atoms with Crippen LogP contribution in [-0.4, -0.2) is 24.0 Å². The summed E-state index contributed by atoms with van der Waals surface area (Å²) in [6.07, 6.45) is 5.46. The number of carbonyl (C=O) groups is 1. The molecule has 19 heavy (non-hydrogen) atoms. The minimum atomic E-state index is 0.211. The zero-order chi connectivity index (χ0) is 12.8. The summed E-state index contributed by atoms with van der Waals surface area (Å²) < 4.78 is 0. The molecule has 1 aromatic rings. The lowest BCUT2D eigenvalue weighted by atomic mass is 9.88. The number of benzene rings is 1. The van der Waals surface area contributed by atoms with Gasteiger partial charge in [-0.3, -0.25) is 4.79 Å². The van der Waals surface area contributed by atoms with Gasteiger partial charge in [0.1, 0.15) is 0 Å². The Morgan fingerprint density at radius 3 is 2.47 bits per heavy atom. The smallest absolute Gasteiger partial charge is 0.224 e. The quantitative estimate of drug-likeness (QED) is 0.840. The van der Waals surface area contributed by atoms with Gasteiger partial charge in [-0.15, -0.1) is 0 Å². The van der Waals surface area contributed by atoms with Crippen molar-refractivity contribution in [2.45, 2.75) is 50.2 Å². The molecule has 3 unspecified atom stereocenters. The summed E-state index contributed by atoms with van der Waals surface area (Å²) in [5.74, 6) is 0.486. The van der Waals surface area contributed by atoms with Crippen LogP contribution in [0.1, 0.15) is 30.4 Å². The van der Waals surface area contributed by atoms with Crippen LogP contribution in [0.2, 0.25) is 0 Å². The molecule has 0 spiro atoms. The lowest BCUT2D eigenvalue weighted by Gasteiger charge is -2.21. The van der Waals surface area contributed by atoms with Crippen molar-refractivity contribution in [2.75, 3.05) is 0 Å². The molecular formula is C16H20N2O. The van der Waals surface area contributed by atoms with Crippen LogP contribution in [0.3, 0.4) is 0 Å². The maximum Gasteiger partial charge on any atom is 0.224 e. The second-order valence-corrected chi connectivity index (χ2v) is 6.27. The number of fused-ring (bicyclic) bond motifs is 3. The molecule has 3 aliphatic rings. The summed E-state index contributed by atoms with van der Waals surface area (Å²) in [5, 5.41) is 6.81. The van der Waals surface area contributed by atoms with Crippen molar-refractivity contribution >= 4 is 5.91 Å². The number of hydrogen-bond donors (Lipinski definition) is 2. The van der Waals surface area contributed by atoms with Gasteiger partial charge in [0.15, 0.2) is 0 Å². The van der Waals surface area contributed by atoms with E-state index in [-0.39, 0.29) is 11.8 Å².